The molecule has 0 aromatic heterocycles. The summed E-state index contributed by atoms with van der Waals surface area (Å²) in [6.45, 7) is 0. The Morgan fingerprint density at radius 2 is 1.36 bits per heavy atom. The van der Waals surface area contributed by atoms with E-state index < -0.39 is 5.97 Å². The fraction of sp³-hybridized carbons (Fsp3) is 0. The third kappa shape index (κ3) is 4.33. The van der Waals surface area contributed by atoms with E-state index in [0.29, 0.717) is 11.1 Å². The Balaban J connectivity index is 1.69. The van der Waals surface area contributed by atoms with Gasteiger partial charge in [-0.05, 0) is 35.4 Å². The van der Waals surface area contributed by atoms with Crippen LogP contribution in [0, 0.1) is 0 Å². The normalized spacial score (nSPS) is 11.2. The van der Waals surface area contributed by atoms with Crippen LogP contribution in [-0.2, 0) is 4.84 Å². The van der Waals surface area contributed by atoms with Gasteiger partial charge in [-0.2, -0.15) is 0 Å². The molecule has 0 amide bonds. The summed E-state index contributed by atoms with van der Waals surface area (Å²) in [4.78, 5) is 17.0. The summed E-state index contributed by atoms with van der Waals surface area (Å²) < 4.78 is 0.930. The van der Waals surface area contributed by atoms with Crippen LogP contribution in [0.3, 0.4) is 0 Å². The largest absolute Gasteiger partial charge is 0.380 e. The van der Waals surface area contributed by atoms with Gasteiger partial charge in [0.2, 0.25) is 0 Å². The Kier molecular flexibility index (Phi) is 5.26. The zero-order valence-electron chi connectivity index (χ0n) is 13.2. The van der Waals surface area contributed by atoms with Crippen molar-refractivity contribution in [2.45, 2.75) is 0 Å². The van der Waals surface area contributed by atoms with Gasteiger partial charge in [0, 0.05) is 10.0 Å². The van der Waals surface area contributed by atoms with E-state index in [2.05, 4.69) is 21.1 Å². The van der Waals surface area contributed by atoms with Gasteiger partial charge >= 0.3 is 5.97 Å². The summed E-state index contributed by atoms with van der Waals surface area (Å²) in [5, 5.41) is 3.71. The van der Waals surface area contributed by atoms with Crippen molar-refractivity contribution in [3.63, 3.8) is 0 Å². The van der Waals surface area contributed by atoms with Crippen LogP contribution in [0.5, 0.6) is 0 Å². The Bertz CT molecular complexity index is 889. The van der Waals surface area contributed by atoms with Crippen LogP contribution in [0.25, 0.3) is 11.1 Å². The van der Waals surface area contributed by atoms with Crippen molar-refractivity contribution in [3.05, 3.63) is 94.5 Å². The quantitative estimate of drug-likeness (QED) is 0.304. The van der Waals surface area contributed by atoms with Gasteiger partial charge in [-0.25, -0.2) is 4.79 Å². The van der Waals surface area contributed by atoms with E-state index in [0.717, 1.165) is 15.6 Å². The average molecular weight is 395 g/mol. The summed E-state index contributed by atoms with van der Waals surface area (Å²) in [5.41, 5.74) is 9.02. The number of carbonyl (C=O) groups is 1. The topological polar surface area (TPSA) is 64.7 Å². The minimum atomic E-state index is -0.556. The van der Waals surface area contributed by atoms with Gasteiger partial charge in [-0.15, -0.1) is 0 Å². The molecule has 3 rings (SSSR count). The number of amidine groups is 1. The molecule has 3 aromatic carbocycles. The number of benzene rings is 3. The number of hydrogen-bond acceptors (Lipinski definition) is 3. The monoisotopic (exact) mass is 394 g/mol. The van der Waals surface area contributed by atoms with E-state index in [4.69, 9.17) is 10.6 Å². The van der Waals surface area contributed by atoms with Gasteiger partial charge in [0.05, 0.1) is 5.56 Å². The molecule has 0 spiro atoms. The first kappa shape index (κ1) is 16.9. The molecule has 124 valence electrons. The molecule has 4 nitrogen and oxygen atoms in total. The molecule has 0 fully saturated rings. The average Bonchev–Trinajstić information content (AvgIpc) is 2.67. The molecule has 0 unspecified atom stereocenters. The molecule has 3 aromatic rings. The molecule has 0 saturated heterocycles. The number of rotatable bonds is 4. The van der Waals surface area contributed by atoms with Crippen LogP contribution in [0.2, 0.25) is 0 Å². The molecule has 0 heterocycles. The van der Waals surface area contributed by atoms with Crippen molar-refractivity contribution in [2.24, 2.45) is 10.9 Å². The molecule has 0 aliphatic carbocycles. The van der Waals surface area contributed by atoms with Crippen molar-refractivity contribution >= 4 is 27.7 Å². The molecule has 0 aliphatic heterocycles. The van der Waals surface area contributed by atoms with Crippen LogP contribution >= 0.6 is 15.9 Å². The molecule has 0 bridgehead atoms. The Morgan fingerprint density at radius 3 is 2.00 bits per heavy atom. The van der Waals surface area contributed by atoms with E-state index in [-0.39, 0.29) is 5.84 Å². The second-order valence-electron chi connectivity index (χ2n) is 5.31. The first-order chi connectivity index (χ1) is 12.1. The van der Waals surface area contributed by atoms with Crippen molar-refractivity contribution < 1.29 is 9.63 Å². The maximum atomic E-state index is 12.1. The van der Waals surface area contributed by atoms with E-state index in [9.17, 15) is 4.79 Å². The number of nitrogens with two attached hydrogens (primary N) is 1. The lowest BCUT2D eigenvalue weighted by molar-refractivity contribution is 0.0516. The van der Waals surface area contributed by atoms with Gasteiger partial charge < -0.3 is 10.6 Å². The van der Waals surface area contributed by atoms with Gasteiger partial charge in [-0.1, -0.05) is 75.7 Å². The summed E-state index contributed by atoms with van der Waals surface area (Å²) in [6.07, 6.45) is 0. The predicted octanol–water partition coefficient (Wildman–Crippen LogP) is 4.59. The van der Waals surface area contributed by atoms with Crippen molar-refractivity contribution in [1.29, 1.82) is 0 Å². The Labute approximate surface area is 154 Å². The van der Waals surface area contributed by atoms with Crippen LogP contribution in [-0.4, -0.2) is 11.8 Å². The molecule has 0 atom stereocenters. The molecular formula is C20H15BrN2O2. The van der Waals surface area contributed by atoms with Crippen LogP contribution in [0.1, 0.15) is 15.9 Å². The summed E-state index contributed by atoms with van der Waals surface area (Å²) in [5.74, 6) is -0.415. The number of carbonyl (C=O) groups excluding carboxylic acids is 1. The van der Waals surface area contributed by atoms with E-state index in [1.54, 1.807) is 24.3 Å². The van der Waals surface area contributed by atoms with E-state index in [1.165, 1.54) is 0 Å². The lowest BCUT2D eigenvalue weighted by Gasteiger charge is -2.04. The highest BCUT2D eigenvalue weighted by Gasteiger charge is 2.08. The lowest BCUT2D eigenvalue weighted by atomic mass is 10.0. The molecule has 0 saturated carbocycles. The predicted molar refractivity (Wildman–Crippen MR) is 102 cm³/mol. The van der Waals surface area contributed by atoms with Gasteiger partial charge in [0.25, 0.3) is 0 Å². The van der Waals surface area contributed by atoms with Crippen molar-refractivity contribution in [1.82, 2.24) is 0 Å². The first-order valence-electron chi connectivity index (χ1n) is 7.60. The SMILES string of the molecule is N/C(=N/OC(=O)c1ccc(-c2ccccc2)cc1)c1ccc(Br)cc1. The lowest BCUT2D eigenvalue weighted by Crippen LogP contribution is -2.15. The second kappa shape index (κ2) is 7.77. The highest BCUT2D eigenvalue weighted by atomic mass is 79.9. The highest BCUT2D eigenvalue weighted by Crippen LogP contribution is 2.19. The van der Waals surface area contributed by atoms with Crippen LogP contribution < -0.4 is 5.73 Å². The van der Waals surface area contributed by atoms with Gasteiger partial charge in [0.15, 0.2) is 5.84 Å². The van der Waals surface area contributed by atoms with Crippen molar-refractivity contribution in [3.8, 4) is 11.1 Å². The van der Waals surface area contributed by atoms with Crippen LogP contribution in [0.15, 0.2) is 88.5 Å². The number of oxime groups is 1. The first-order valence-corrected chi connectivity index (χ1v) is 8.39. The minimum Gasteiger partial charge on any atom is -0.380 e. The minimum absolute atomic E-state index is 0.141. The zero-order valence-corrected chi connectivity index (χ0v) is 14.8. The van der Waals surface area contributed by atoms with E-state index in [1.807, 2.05) is 54.6 Å². The van der Waals surface area contributed by atoms with Gasteiger partial charge in [-0.3, -0.25) is 0 Å². The summed E-state index contributed by atoms with van der Waals surface area (Å²) in [6, 6.07) is 24.3. The number of nitrogens with zero attached hydrogens (tertiary/aromatic N) is 1. The number of halogens is 1. The molecule has 0 aliphatic rings. The maximum Gasteiger partial charge on any atom is 0.365 e. The highest BCUT2D eigenvalue weighted by molar-refractivity contribution is 9.10. The molecule has 2 N–H and O–H groups in total. The van der Waals surface area contributed by atoms with Gasteiger partial charge in [0.1, 0.15) is 0 Å². The third-order valence-electron chi connectivity index (χ3n) is 3.59. The fourth-order valence-corrected chi connectivity index (χ4v) is 2.51. The van der Waals surface area contributed by atoms with Crippen molar-refractivity contribution in [2.75, 3.05) is 0 Å². The molecular weight excluding hydrogens is 380 g/mol. The second-order valence-corrected chi connectivity index (χ2v) is 6.22. The molecule has 25 heavy (non-hydrogen) atoms. The fourth-order valence-electron chi connectivity index (χ4n) is 2.25. The molecule has 0 radical (unpaired) electrons. The number of hydrogen-bond donors (Lipinski definition) is 1. The summed E-state index contributed by atoms with van der Waals surface area (Å²) >= 11 is 3.34. The standard InChI is InChI=1S/C20H15BrN2O2/c21-18-12-10-16(11-13-18)19(22)23-25-20(24)17-8-6-15(7-9-17)14-4-2-1-3-5-14/h1-13H,(H2,22,23). The zero-order chi connectivity index (χ0) is 17.6. The Hall–Kier alpha value is -2.92. The summed E-state index contributed by atoms with van der Waals surface area (Å²) in [7, 11) is 0. The van der Waals surface area contributed by atoms with Crippen LogP contribution in [0.4, 0.5) is 0 Å². The van der Waals surface area contributed by atoms with E-state index >= 15 is 0 Å². The maximum absolute atomic E-state index is 12.1. The smallest absolute Gasteiger partial charge is 0.365 e. The third-order valence-corrected chi connectivity index (χ3v) is 4.12. The molecule has 5 heteroatoms. The Morgan fingerprint density at radius 1 is 0.800 bits per heavy atom.